The number of nitrogens with one attached hydrogen (secondary N) is 1. The lowest BCUT2D eigenvalue weighted by Gasteiger charge is -2.54. The number of carboxylic acid groups (broad SMARTS) is 1. The van der Waals surface area contributed by atoms with E-state index in [1.807, 2.05) is 20.8 Å². The molecule has 3 rings (SSSR count). The Morgan fingerprint density at radius 3 is 2.55 bits per heavy atom. The number of aliphatic hydroxyl groups excluding tert-OH is 1. The summed E-state index contributed by atoms with van der Waals surface area (Å²) < 4.78 is 29.3. The molecule has 0 aromatic carbocycles. The van der Waals surface area contributed by atoms with Crippen LogP contribution in [0.1, 0.15) is 59.8 Å². The molecule has 0 aliphatic carbocycles. The third-order valence-corrected chi connectivity index (χ3v) is 8.47. The maximum atomic E-state index is 13.1. The number of hydrogen-bond donors (Lipinski definition) is 4. The number of carbonyl (C=O) groups is 3. The highest BCUT2D eigenvalue weighted by Gasteiger charge is 2.57. The Morgan fingerprint density at radius 2 is 1.90 bits per heavy atom. The zero-order chi connectivity index (χ0) is 31.2. The molecule has 1 amide bonds. The van der Waals surface area contributed by atoms with Crippen LogP contribution in [-0.2, 0) is 38.1 Å². The molecule has 0 aromatic heterocycles. The van der Waals surface area contributed by atoms with Crippen LogP contribution in [0.25, 0.3) is 0 Å². The zero-order valence-corrected chi connectivity index (χ0v) is 25.0. The first-order valence-electron chi connectivity index (χ1n) is 14.3. The summed E-state index contributed by atoms with van der Waals surface area (Å²) in [5.74, 6) is -4.18. The molecule has 3 aliphatic heterocycles. The van der Waals surface area contributed by atoms with Crippen molar-refractivity contribution < 1.29 is 53.4 Å². The van der Waals surface area contributed by atoms with Gasteiger partial charge in [0.15, 0.2) is 12.3 Å². The number of ketones is 1. The summed E-state index contributed by atoms with van der Waals surface area (Å²) in [4.78, 5) is 36.6. The van der Waals surface area contributed by atoms with Crippen LogP contribution in [0.5, 0.6) is 0 Å². The molecule has 0 aromatic rings. The molecule has 12 heteroatoms. The van der Waals surface area contributed by atoms with Gasteiger partial charge >= 0.3 is 5.97 Å². The fraction of sp³-hybridized carbons (Fsp3) is 0.700. The molecule has 3 saturated heterocycles. The minimum absolute atomic E-state index is 0.0234. The monoisotopic (exact) mass is 595 g/mol. The van der Waals surface area contributed by atoms with Crippen LogP contribution >= 0.6 is 0 Å². The lowest BCUT2D eigenvalue weighted by molar-refractivity contribution is -0.330. The summed E-state index contributed by atoms with van der Waals surface area (Å²) in [6, 6.07) is 0. The molecule has 12 nitrogen and oxygen atoms in total. The van der Waals surface area contributed by atoms with Crippen LogP contribution in [0, 0.1) is 11.3 Å². The van der Waals surface area contributed by atoms with E-state index in [0.717, 1.165) is 6.08 Å². The maximum Gasteiger partial charge on any atom is 0.328 e. The van der Waals surface area contributed by atoms with Crippen LogP contribution < -0.4 is 5.32 Å². The first kappa shape index (κ1) is 34.0. The molecule has 9 unspecified atom stereocenters. The van der Waals surface area contributed by atoms with Gasteiger partial charge in [0.05, 0.1) is 18.3 Å². The van der Waals surface area contributed by atoms with Crippen molar-refractivity contribution in [3.63, 3.8) is 0 Å². The number of methoxy groups -OCH3 is 1. The van der Waals surface area contributed by atoms with Gasteiger partial charge in [-0.2, -0.15) is 0 Å². The predicted octanol–water partition coefficient (Wildman–Crippen LogP) is 1.99. The first-order valence-corrected chi connectivity index (χ1v) is 14.3. The Hall–Kier alpha value is -2.45. The van der Waals surface area contributed by atoms with Gasteiger partial charge in [-0.25, -0.2) is 4.79 Å². The number of aliphatic hydroxyl groups is 2. The molecular weight excluding hydrogens is 550 g/mol. The molecule has 3 heterocycles. The number of amides is 1. The van der Waals surface area contributed by atoms with E-state index in [9.17, 15) is 24.6 Å². The van der Waals surface area contributed by atoms with Crippen molar-refractivity contribution >= 4 is 17.7 Å². The minimum atomic E-state index is -2.15. The second kappa shape index (κ2) is 14.3. The maximum absolute atomic E-state index is 13.1. The van der Waals surface area contributed by atoms with E-state index in [1.54, 1.807) is 26.2 Å². The second-order valence-electron chi connectivity index (χ2n) is 11.9. The summed E-state index contributed by atoms with van der Waals surface area (Å²) in [6.07, 6.45) is 1.26. The molecule has 0 saturated carbocycles. The molecular formula is C30H45NO11. The number of ether oxygens (including phenoxy) is 5. The van der Waals surface area contributed by atoms with Crippen molar-refractivity contribution in [2.75, 3.05) is 13.9 Å². The average molecular weight is 596 g/mol. The summed E-state index contributed by atoms with van der Waals surface area (Å²) in [5, 5.41) is 33.0. The number of Topliss-reactive ketones (excluding diaryl/α,β-unsaturated/α-hetero) is 1. The van der Waals surface area contributed by atoms with E-state index in [2.05, 4.69) is 11.9 Å². The summed E-state index contributed by atoms with van der Waals surface area (Å²) in [5.41, 5.74) is 0.0152. The lowest BCUT2D eigenvalue weighted by Crippen LogP contribution is -2.69. The van der Waals surface area contributed by atoms with Crippen molar-refractivity contribution in [3.05, 3.63) is 36.5 Å². The molecule has 236 valence electrons. The van der Waals surface area contributed by atoms with Gasteiger partial charge in [-0.05, 0) is 19.8 Å². The smallest absolute Gasteiger partial charge is 0.328 e. The van der Waals surface area contributed by atoms with Gasteiger partial charge < -0.3 is 44.3 Å². The fourth-order valence-electron chi connectivity index (χ4n) is 5.71. The number of allylic oxidation sites excluding steroid dienone is 3. The predicted molar refractivity (Wildman–Crippen MR) is 150 cm³/mol. The van der Waals surface area contributed by atoms with Crippen LogP contribution in [0.15, 0.2) is 36.5 Å². The minimum Gasteiger partial charge on any atom is -0.478 e. The highest BCUT2D eigenvalue weighted by atomic mass is 16.7. The summed E-state index contributed by atoms with van der Waals surface area (Å²) in [7, 11) is 1.54. The Bertz CT molecular complexity index is 1060. The van der Waals surface area contributed by atoms with Crippen molar-refractivity contribution in [2.45, 2.75) is 108 Å². The molecule has 9 atom stereocenters. The quantitative estimate of drug-likeness (QED) is 0.113. The average Bonchev–Trinajstić information content (AvgIpc) is 2.91. The van der Waals surface area contributed by atoms with Crippen LogP contribution in [0.3, 0.4) is 0 Å². The Morgan fingerprint density at radius 1 is 1.19 bits per heavy atom. The number of rotatable bonds is 12. The number of aliphatic carboxylic acids is 1. The molecule has 42 heavy (non-hydrogen) atoms. The molecule has 0 spiro atoms. The largest absolute Gasteiger partial charge is 0.478 e. The third-order valence-electron chi connectivity index (χ3n) is 8.47. The van der Waals surface area contributed by atoms with Gasteiger partial charge in [-0.1, -0.05) is 51.2 Å². The SMILES string of the molecule is C=C1CC(O)(C(O)C(=O)NC2OCOC3C2OC(CC(=O)CCCC=CC=CC(=O)O)C(C)(C)C3OC)OC(C)C1C. The zero-order valence-electron chi connectivity index (χ0n) is 25.0. The molecule has 3 fully saturated rings. The van der Waals surface area contributed by atoms with E-state index in [4.69, 9.17) is 28.8 Å². The normalized spacial score (nSPS) is 35.6. The van der Waals surface area contributed by atoms with Gasteiger partial charge in [-0.3, -0.25) is 9.59 Å². The van der Waals surface area contributed by atoms with Crippen LogP contribution in [0.2, 0.25) is 0 Å². The van der Waals surface area contributed by atoms with Crippen LogP contribution in [0.4, 0.5) is 0 Å². The van der Waals surface area contributed by atoms with Gasteiger partial charge in [0, 0.05) is 43.8 Å². The number of fused-ring (bicyclic) bond motifs is 1. The summed E-state index contributed by atoms with van der Waals surface area (Å²) >= 11 is 0. The third kappa shape index (κ3) is 7.93. The van der Waals surface area contributed by atoms with Crippen molar-refractivity contribution in [1.29, 1.82) is 0 Å². The van der Waals surface area contributed by atoms with E-state index in [1.165, 1.54) is 6.08 Å². The molecule has 0 radical (unpaired) electrons. The van der Waals surface area contributed by atoms with Gasteiger partial charge in [0.2, 0.25) is 5.79 Å². The topological polar surface area (TPSA) is 170 Å². The lowest BCUT2D eigenvalue weighted by atomic mass is 9.72. The fourth-order valence-corrected chi connectivity index (χ4v) is 5.71. The van der Waals surface area contributed by atoms with E-state index in [0.29, 0.717) is 24.8 Å². The van der Waals surface area contributed by atoms with E-state index >= 15 is 0 Å². The summed E-state index contributed by atoms with van der Waals surface area (Å²) in [6.45, 7) is 11.2. The van der Waals surface area contributed by atoms with E-state index in [-0.39, 0.29) is 31.3 Å². The Kier molecular flexibility index (Phi) is 11.6. The van der Waals surface area contributed by atoms with Crippen molar-refractivity contribution in [2.24, 2.45) is 11.3 Å². The number of carboxylic acids is 1. The van der Waals surface area contributed by atoms with E-state index < -0.39 is 65.9 Å². The Labute approximate surface area is 246 Å². The van der Waals surface area contributed by atoms with Crippen molar-refractivity contribution in [3.8, 4) is 0 Å². The molecule has 3 aliphatic rings. The standard InChI is InChI=1S/C30H45NO11/c1-17-15-30(37,42-19(3)18(17)2)25(35)27(36)31-28-24-23(39-16-40-28)26(38-6)29(4,5)21(41-24)14-20(32)12-10-8-7-9-11-13-22(33)34/h7,9,11,13,18-19,21,23-26,28,35,37H,1,8,10,12,14-16H2,2-6H3,(H,31,36)(H,33,34). The highest BCUT2D eigenvalue weighted by Crippen LogP contribution is 2.43. The molecule has 0 bridgehead atoms. The van der Waals surface area contributed by atoms with Gasteiger partial charge in [0.1, 0.15) is 24.8 Å². The number of hydrogen-bond acceptors (Lipinski definition) is 10. The highest BCUT2D eigenvalue weighted by molar-refractivity contribution is 5.82. The Balaban J connectivity index is 1.66. The number of carbonyl (C=O) groups excluding carboxylic acids is 2. The van der Waals surface area contributed by atoms with Gasteiger partial charge in [0.25, 0.3) is 5.91 Å². The van der Waals surface area contributed by atoms with Crippen LogP contribution in [-0.4, -0.2) is 95.5 Å². The molecule has 4 N–H and O–H groups in total. The van der Waals surface area contributed by atoms with Crippen molar-refractivity contribution in [1.82, 2.24) is 5.32 Å². The second-order valence-corrected chi connectivity index (χ2v) is 11.9. The number of unbranched alkanes of at least 4 members (excludes halogenated alkanes) is 1. The first-order chi connectivity index (χ1) is 19.7. The van der Waals surface area contributed by atoms with Gasteiger partial charge in [-0.15, -0.1) is 0 Å².